The van der Waals surface area contributed by atoms with Crippen LogP contribution in [0.5, 0.6) is 0 Å². The predicted molar refractivity (Wildman–Crippen MR) is 100.0 cm³/mol. The smallest absolute Gasteiger partial charge is 0.236 e. The minimum Gasteiger partial charge on any atom is -0.312 e. The maximum Gasteiger partial charge on any atom is 0.236 e. The molecule has 1 aliphatic heterocycles. The molecule has 0 saturated carbocycles. The fourth-order valence-corrected chi connectivity index (χ4v) is 4.21. The van der Waals surface area contributed by atoms with Gasteiger partial charge in [-0.1, -0.05) is 26.0 Å². The molecule has 0 saturated heterocycles. The highest BCUT2D eigenvalue weighted by molar-refractivity contribution is 7.91. The average molecular weight is 376 g/mol. The number of nitrogens with zero attached hydrogens (tertiary/aromatic N) is 1. The van der Waals surface area contributed by atoms with Crippen molar-refractivity contribution in [2.24, 2.45) is 5.92 Å². The van der Waals surface area contributed by atoms with Crippen LogP contribution in [0.15, 0.2) is 42.5 Å². The van der Waals surface area contributed by atoms with Crippen molar-refractivity contribution in [2.75, 3.05) is 16.2 Å². The van der Waals surface area contributed by atoms with Crippen LogP contribution in [0.1, 0.15) is 25.0 Å². The molecular formula is C19H21FN2O3S. The maximum absolute atomic E-state index is 12.9. The van der Waals surface area contributed by atoms with E-state index in [1.54, 1.807) is 23.1 Å². The lowest BCUT2D eigenvalue weighted by Gasteiger charge is -2.19. The van der Waals surface area contributed by atoms with Gasteiger partial charge in [0.2, 0.25) is 15.9 Å². The van der Waals surface area contributed by atoms with E-state index in [2.05, 4.69) is 4.72 Å². The quantitative estimate of drug-likeness (QED) is 0.871. The van der Waals surface area contributed by atoms with Gasteiger partial charge in [0, 0.05) is 23.8 Å². The van der Waals surface area contributed by atoms with E-state index in [1.807, 2.05) is 13.8 Å². The molecule has 1 aliphatic rings. The van der Waals surface area contributed by atoms with Crippen LogP contribution in [-0.4, -0.2) is 20.9 Å². The number of carbonyl (C=O) groups excluding carboxylic acids is 1. The molecule has 2 aromatic carbocycles. The fraction of sp³-hybridized carbons (Fsp3) is 0.316. The van der Waals surface area contributed by atoms with Crippen LogP contribution in [0.3, 0.4) is 0 Å². The second kappa shape index (κ2) is 7.07. The molecule has 0 bridgehead atoms. The monoisotopic (exact) mass is 376 g/mol. The zero-order valence-electron chi connectivity index (χ0n) is 14.7. The standard InChI is InChI=1S/C19H21FN2O3S/c1-13(2)19(23)22-10-9-15-11-17(7-8-18(15)22)21-26(24,25)12-14-3-5-16(20)6-4-14/h3-8,11,13,21H,9-10,12H2,1-2H3. The van der Waals surface area contributed by atoms with Crippen molar-refractivity contribution in [3.8, 4) is 0 Å². The first-order chi connectivity index (χ1) is 12.2. The van der Waals surface area contributed by atoms with Gasteiger partial charge in [0.05, 0.1) is 5.75 Å². The van der Waals surface area contributed by atoms with E-state index in [-0.39, 0.29) is 17.6 Å². The Hall–Kier alpha value is -2.41. The molecule has 0 unspecified atom stereocenters. The SMILES string of the molecule is CC(C)C(=O)N1CCc2cc(NS(=O)(=O)Cc3ccc(F)cc3)ccc21. The number of nitrogens with one attached hydrogen (secondary N) is 1. The molecule has 5 nitrogen and oxygen atoms in total. The van der Waals surface area contributed by atoms with Crippen molar-refractivity contribution in [3.63, 3.8) is 0 Å². The van der Waals surface area contributed by atoms with Crippen molar-refractivity contribution in [2.45, 2.75) is 26.0 Å². The first-order valence-electron chi connectivity index (χ1n) is 8.44. The van der Waals surface area contributed by atoms with Crippen LogP contribution < -0.4 is 9.62 Å². The van der Waals surface area contributed by atoms with Crippen LogP contribution in [0.2, 0.25) is 0 Å². The molecule has 0 atom stereocenters. The normalized spacial score (nSPS) is 13.8. The third-order valence-electron chi connectivity index (χ3n) is 4.28. The second-order valence-electron chi connectivity index (χ2n) is 6.73. The van der Waals surface area contributed by atoms with E-state index in [0.717, 1.165) is 11.3 Å². The molecule has 0 radical (unpaired) electrons. The fourth-order valence-electron chi connectivity index (χ4n) is 3.02. The number of anilines is 2. The Morgan fingerprint density at radius 1 is 1.19 bits per heavy atom. The summed E-state index contributed by atoms with van der Waals surface area (Å²) in [6, 6.07) is 10.6. The van der Waals surface area contributed by atoms with Gasteiger partial charge in [-0.15, -0.1) is 0 Å². The number of rotatable bonds is 5. The third-order valence-corrected chi connectivity index (χ3v) is 5.54. The summed E-state index contributed by atoms with van der Waals surface area (Å²) in [7, 11) is -3.61. The summed E-state index contributed by atoms with van der Waals surface area (Å²) in [6.45, 7) is 4.33. The summed E-state index contributed by atoms with van der Waals surface area (Å²) in [5, 5.41) is 0. The Balaban J connectivity index is 1.75. The number of hydrogen-bond acceptors (Lipinski definition) is 3. The number of carbonyl (C=O) groups is 1. The van der Waals surface area contributed by atoms with Gasteiger partial charge in [-0.05, 0) is 47.9 Å². The van der Waals surface area contributed by atoms with E-state index < -0.39 is 15.8 Å². The molecule has 3 rings (SSSR count). The topological polar surface area (TPSA) is 66.5 Å². The average Bonchev–Trinajstić information content (AvgIpc) is 2.98. The Labute approximate surface area is 152 Å². The lowest BCUT2D eigenvalue weighted by atomic mass is 10.1. The molecule has 1 heterocycles. The molecule has 2 aromatic rings. The Morgan fingerprint density at radius 3 is 2.54 bits per heavy atom. The van der Waals surface area contributed by atoms with Crippen LogP contribution in [-0.2, 0) is 27.0 Å². The number of sulfonamides is 1. The molecule has 0 fully saturated rings. The maximum atomic E-state index is 12.9. The third kappa shape index (κ3) is 4.04. The first-order valence-corrected chi connectivity index (χ1v) is 10.1. The van der Waals surface area contributed by atoms with Gasteiger partial charge in [-0.2, -0.15) is 0 Å². The predicted octanol–water partition coefficient (Wildman–Crippen LogP) is 3.31. The number of halogens is 1. The number of amides is 1. The van der Waals surface area contributed by atoms with Gasteiger partial charge in [0.1, 0.15) is 5.82 Å². The van der Waals surface area contributed by atoms with Crippen LogP contribution >= 0.6 is 0 Å². The highest BCUT2D eigenvalue weighted by atomic mass is 32.2. The van der Waals surface area contributed by atoms with Gasteiger partial charge in [0.15, 0.2) is 0 Å². The first kappa shape index (κ1) is 18.4. The van der Waals surface area contributed by atoms with E-state index in [1.165, 1.54) is 24.3 Å². The molecule has 0 aliphatic carbocycles. The highest BCUT2D eigenvalue weighted by Gasteiger charge is 2.26. The zero-order valence-corrected chi connectivity index (χ0v) is 15.5. The van der Waals surface area contributed by atoms with E-state index >= 15 is 0 Å². The van der Waals surface area contributed by atoms with Crippen molar-refractivity contribution < 1.29 is 17.6 Å². The van der Waals surface area contributed by atoms with Crippen molar-refractivity contribution in [3.05, 3.63) is 59.4 Å². The Morgan fingerprint density at radius 2 is 1.88 bits per heavy atom. The lowest BCUT2D eigenvalue weighted by molar-refractivity contribution is -0.121. The molecule has 0 spiro atoms. The summed E-state index contributed by atoms with van der Waals surface area (Å²) in [5.74, 6) is -0.663. The van der Waals surface area contributed by atoms with Gasteiger partial charge in [-0.3, -0.25) is 9.52 Å². The second-order valence-corrected chi connectivity index (χ2v) is 8.45. The Kier molecular flexibility index (Phi) is 5.00. The van der Waals surface area contributed by atoms with Crippen molar-refractivity contribution >= 4 is 27.3 Å². The lowest BCUT2D eigenvalue weighted by Crippen LogP contribution is -2.32. The minimum absolute atomic E-state index is 0.0633. The Bertz CT molecular complexity index is 924. The van der Waals surface area contributed by atoms with E-state index in [4.69, 9.17) is 0 Å². The molecular weight excluding hydrogens is 355 g/mol. The van der Waals surface area contributed by atoms with Crippen LogP contribution in [0.4, 0.5) is 15.8 Å². The van der Waals surface area contributed by atoms with Gasteiger partial charge in [-0.25, -0.2) is 12.8 Å². The van der Waals surface area contributed by atoms with Gasteiger partial charge >= 0.3 is 0 Å². The number of hydrogen-bond donors (Lipinski definition) is 1. The summed E-state index contributed by atoms with van der Waals surface area (Å²) in [4.78, 5) is 14.0. The summed E-state index contributed by atoms with van der Waals surface area (Å²) in [6.07, 6.45) is 0.696. The molecule has 26 heavy (non-hydrogen) atoms. The molecule has 138 valence electrons. The molecule has 7 heteroatoms. The summed E-state index contributed by atoms with van der Waals surface area (Å²) in [5.41, 5.74) is 2.75. The molecule has 0 aromatic heterocycles. The summed E-state index contributed by atoms with van der Waals surface area (Å²) >= 11 is 0. The highest BCUT2D eigenvalue weighted by Crippen LogP contribution is 2.32. The van der Waals surface area contributed by atoms with E-state index in [0.29, 0.717) is 24.2 Å². The zero-order chi connectivity index (χ0) is 18.9. The summed E-state index contributed by atoms with van der Waals surface area (Å²) < 4.78 is 40.2. The van der Waals surface area contributed by atoms with E-state index in [9.17, 15) is 17.6 Å². The van der Waals surface area contributed by atoms with Crippen LogP contribution in [0, 0.1) is 11.7 Å². The molecule has 1 amide bonds. The number of fused-ring (bicyclic) bond motifs is 1. The van der Waals surface area contributed by atoms with Gasteiger partial charge in [0.25, 0.3) is 0 Å². The number of benzene rings is 2. The van der Waals surface area contributed by atoms with Gasteiger partial charge < -0.3 is 4.90 Å². The largest absolute Gasteiger partial charge is 0.312 e. The van der Waals surface area contributed by atoms with Crippen LogP contribution in [0.25, 0.3) is 0 Å². The van der Waals surface area contributed by atoms with Crippen molar-refractivity contribution in [1.29, 1.82) is 0 Å². The van der Waals surface area contributed by atoms with Crippen molar-refractivity contribution in [1.82, 2.24) is 0 Å². The molecule has 1 N–H and O–H groups in total. The minimum atomic E-state index is -3.61.